The van der Waals surface area contributed by atoms with Crippen LogP contribution in [0.2, 0.25) is 0 Å². The first-order valence-corrected chi connectivity index (χ1v) is 8.65. The van der Waals surface area contributed by atoms with Gasteiger partial charge < -0.3 is 14.7 Å². The van der Waals surface area contributed by atoms with Gasteiger partial charge in [-0.15, -0.1) is 0 Å². The first-order valence-electron chi connectivity index (χ1n) is 8.65. The molecule has 1 fully saturated rings. The van der Waals surface area contributed by atoms with Crippen molar-refractivity contribution >= 4 is 5.97 Å². The van der Waals surface area contributed by atoms with Crippen molar-refractivity contribution in [1.82, 2.24) is 4.90 Å². The van der Waals surface area contributed by atoms with E-state index in [2.05, 4.69) is 4.90 Å². The molecule has 0 heterocycles. The van der Waals surface area contributed by atoms with Gasteiger partial charge >= 0.3 is 5.97 Å². The van der Waals surface area contributed by atoms with Gasteiger partial charge in [0.15, 0.2) is 5.60 Å². The average Bonchev–Trinajstić information content (AvgIpc) is 2.59. The molecule has 0 radical (unpaired) electrons. The minimum Gasteiger partial charge on any atom is -0.463 e. The molecular weight excluding hydrogens is 290 g/mol. The summed E-state index contributed by atoms with van der Waals surface area (Å²) in [5.41, 5.74) is -0.857. The Kier molecular flexibility index (Phi) is 6.60. The standard InChI is InChI=1S/C19H29NO3/c1-20(2)14-9-15-23-18(21)19(22,16-10-5-3-6-11-16)17-12-7-4-8-13-17/h3,5-6,10-11,17,22H,4,7-9,12-15H2,1-2H3. The van der Waals surface area contributed by atoms with E-state index < -0.39 is 11.6 Å². The van der Waals surface area contributed by atoms with Gasteiger partial charge in [0.25, 0.3) is 0 Å². The van der Waals surface area contributed by atoms with E-state index in [0.29, 0.717) is 12.2 Å². The molecule has 0 aromatic heterocycles. The first kappa shape index (κ1) is 18.0. The predicted molar refractivity (Wildman–Crippen MR) is 91.0 cm³/mol. The Bertz CT molecular complexity index is 483. The van der Waals surface area contributed by atoms with Crippen LogP contribution in [-0.2, 0) is 15.1 Å². The number of benzene rings is 1. The highest BCUT2D eigenvalue weighted by molar-refractivity contribution is 5.81. The van der Waals surface area contributed by atoms with E-state index >= 15 is 0 Å². The molecule has 1 aliphatic rings. The Morgan fingerprint density at radius 3 is 2.48 bits per heavy atom. The summed E-state index contributed by atoms with van der Waals surface area (Å²) in [6, 6.07) is 9.28. The van der Waals surface area contributed by atoms with Crippen LogP contribution < -0.4 is 0 Å². The number of carbonyl (C=O) groups excluding carboxylic acids is 1. The summed E-state index contributed by atoms with van der Waals surface area (Å²) in [6.45, 7) is 1.21. The van der Waals surface area contributed by atoms with Crippen LogP contribution in [0.25, 0.3) is 0 Å². The van der Waals surface area contributed by atoms with Gasteiger partial charge in [-0.25, -0.2) is 4.79 Å². The lowest BCUT2D eigenvalue weighted by Crippen LogP contribution is -2.45. The molecule has 128 valence electrons. The fourth-order valence-corrected chi connectivity index (χ4v) is 3.39. The van der Waals surface area contributed by atoms with Crippen LogP contribution in [0.5, 0.6) is 0 Å². The zero-order chi connectivity index (χ0) is 16.7. The topological polar surface area (TPSA) is 49.8 Å². The number of hydrogen-bond acceptors (Lipinski definition) is 4. The summed E-state index contributed by atoms with van der Waals surface area (Å²) in [5, 5.41) is 11.3. The van der Waals surface area contributed by atoms with Crippen LogP contribution >= 0.6 is 0 Å². The predicted octanol–water partition coefficient (Wildman–Crippen LogP) is 2.95. The Labute approximate surface area is 139 Å². The van der Waals surface area contributed by atoms with E-state index in [-0.39, 0.29) is 5.92 Å². The van der Waals surface area contributed by atoms with Gasteiger partial charge in [0.1, 0.15) is 0 Å². The molecule has 23 heavy (non-hydrogen) atoms. The third kappa shape index (κ3) is 4.55. The fraction of sp³-hybridized carbons (Fsp3) is 0.632. The molecule has 4 heteroatoms. The van der Waals surface area contributed by atoms with Crippen molar-refractivity contribution in [2.45, 2.75) is 44.1 Å². The molecule has 0 amide bonds. The average molecular weight is 319 g/mol. The lowest BCUT2D eigenvalue weighted by atomic mass is 9.73. The molecule has 1 N–H and O–H groups in total. The molecule has 1 atom stereocenters. The number of ether oxygens (including phenoxy) is 1. The quantitative estimate of drug-likeness (QED) is 0.620. The number of hydrogen-bond donors (Lipinski definition) is 1. The van der Waals surface area contributed by atoms with Gasteiger partial charge in [0.2, 0.25) is 0 Å². The van der Waals surface area contributed by atoms with Crippen molar-refractivity contribution < 1.29 is 14.6 Å². The summed E-state index contributed by atoms with van der Waals surface area (Å²) in [5.74, 6) is -0.547. The largest absolute Gasteiger partial charge is 0.463 e. The van der Waals surface area contributed by atoms with Crippen molar-refractivity contribution in [3.8, 4) is 0 Å². The third-order valence-corrected chi connectivity index (χ3v) is 4.70. The summed E-state index contributed by atoms with van der Waals surface area (Å²) in [4.78, 5) is 14.8. The number of nitrogens with zero attached hydrogens (tertiary/aromatic N) is 1. The van der Waals surface area contributed by atoms with Crippen molar-refractivity contribution in [1.29, 1.82) is 0 Å². The minimum absolute atomic E-state index is 0.0556. The summed E-state index contributed by atoms with van der Waals surface area (Å²) in [6.07, 6.45) is 5.82. The van der Waals surface area contributed by atoms with E-state index in [1.807, 2.05) is 44.4 Å². The van der Waals surface area contributed by atoms with Crippen LogP contribution in [0, 0.1) is 5.92 Å². The van der Waals surface area contributed by atoms with Crippen molar-refractivity contribution in [2.24, 2.45) is 5.92 Å². The molecule has 0 bridgehead atoms. The molecule has 0 spiro atoms. The van der Waals surface area contributed by atoms with Crippen molar-refractivity contribution in [3.63, 3.8) is 0 Å². The highest BCUT2D eigenvalue weighted by Gasteiger charge is 2.46. The first-order chi connectivity index (χ1) is 11.0. The molecule has 4 nitrogen and oxygen atoms in total. The SMILES string of the molecule is CN(C)CCCOC(=O)C(O)(c1ccccc1)C1CCCCC1. The second kappa shape index (κ2) is 8.46. The van der Waals surface area contributed by atoms with Gasteiger partial charge in [-0.05, 0) is 38.9 Å². The molecule has 1 aromatic rings. The summed E-state index contributed by atoms with van der Waals surface area (Å²) >= 11 is 0. The zero-order valence-corrected chi connectivity index (χ0v) is 14.3. The van der Waals surface area contributed by atoms with Gasteiger partial charge in [-0.2, -0.15) is 0 Å². The lowest BCUT2D eigenvalue weighted by Gasteiger charge is -2.36. The molecule has 0 aliphatic heterocycles. The van der Waals surface area contributed by atoms with Crippen molar-refractivity contribution in [3.05, 3.63) is 35.9 Å². The fourth-order valence-electron chi connectivity index (χ4n) is 3.39. The monoisotopic (exact) mass is 319 g/mol. The lowest BCUT2D eigenvalue weighted by molar-refractivity contribution is -0.175. The van der Waals surface area contributed by atoms with Gasteiger partial charge in [-0.3, -0.25) is 0 Å². The molecule has 0 saturated heterocycles. The van der Waals surface area contributed by atoms with Gasteiger partial charge in [0.05, 0.1) is 6.61 Å². The number of carbonyl (C=O) groups is 1. The Morgan fingerprint density at radius 1 is 1.22 bits per heavy atom. The highest BCUT2D eigenvalue weighted by Crippen LogP contribution is 2.40. The van der Waals surface area contributed by atoms with Crippen LogP contribution in [0.3, 0.4) is 0 Å². The van der Waals surface area contributed by atoms with Crippen LogP contribution in [0.15, 0.2) is 30.3 Å². The van der Waals surface area contributed by atoms with E-state index in [4.69, 9.17) is 4.74 Å². The summed E-state index contributed by atoms with van der Waals surface area (Å²) in [7, 11) is 3.98. The van der Waals surface area contributed by atoms with E-state index in [9.17, 15) is 9.90 Å². The molecule has 1 saturated carbocycles. The molecule has 2 rings (SSSR count). The second-order valence-corrected chi connectivity index (χ2v) is 6.76. The number of aliphatic hydroxyl groups is 1. The van der Waals surface area contributed by atoms with Crippen molar-refractivity contribution in [2.75, 3.05) is 27.2 Å². The molecule has 1 aromatic carbocycles. The smallest absolute Gasteiger partial charge is 0.343 e. The van der Waals surface area contributed by atoms with Crippen LogP contribution in [0.4, 0.5) is 0 Å². The zero-order valence-electron chi connectivity index (χ0n) is 14.3. The minimum atomic E-state index is -1.51. The van der Waals surface area contributed by atoms with Crippen LogP contribution in [0.1, 0.15) is 44.1 Å². The Hall–Kier alpha value is -1.39. The van der Waals surface area contributed by atoms with E-state index in [1.54, 1.807) is 0 Å². The maximum Gasteiger partial charge on any atom is 0.343 e. The summed E-state index contributed by atoms with van der Waals surface area (Å²) < 4.78 is 5.45. The molecule has 1 aliphatic carbocycles. The molecule has 1 unspecified atom stereocenters. The second-order valence-electron chi connectivity index (χ2n) is 6.76. The maximum absolute atomic E-state index is 12.7. The third-order valence-electron chi connectivity index (χ3n) is 4.70. The Balaban J connectivity index is 2.11. The normalized spacial score (nSPS) is 18.6. The van der Waals surface area contributed by atoms with Crippen LogP contribution in [-0.4, -0.2) is 43.2 Å². The number of esters is 1. The van der Waals surface area contributed by atoms with E-state index in [0.717, 1.165) is 38.6 Å². The molecular formula is C19H29NO3. The highest BCUT2D eigenvalue weighted by atomic mass is 16.5. The van der Waals surface area contributed by atoms with E-state index in [1.165, 1.54) is 6.42 Å². The Morgan fingerprint density at radius 2 is 1.87 bits per heavy atom. The number of rotatable bonds is 7. The van der Waals surface area contributed by atoms with Gasteiger partial charge in [0, 0.05) is 12.5 Å². The van der Waals surface area contributed by atoms with Gasteiger partial charge in [-0.1, -0.05) is 49.6 Å². The maximum atomic E-state index is 12.7.